The number of benzene rings is 7. The molecule has 320 valence electrons. The van der Waals surface area contributed by atoms with Crippen LogP contribution >= 0.6 is 0 Å². The van der Waals surface area contributed by atoms with Crippen molar-refractivity contribution in [2.45, 2.75) is 105 Å². The third-order valence-corrected chi connectivity index (χ3v) is 13.6. The summed E-state index contributed by atoms with van der Waals surface area (Å²) < 4.78 is 2.38. The number of para-hydroxylation sites is 1. The quantitative estimate of drug-likeness (QED) is 0.165. The van der Waals surface area contributed by atoms with Gasteiger partial charge in [-0.2, -0.15) is 0 Å². The number of hydrogen-bond donors (Lipinski definition) is 0. The zero-order chi connectivity index (χ0) is 45.1. The number of aromatic nitrogens is 2. The zero-order valence-corrected chi connectivity index (χ0v) is 39.8. The van der Waals surface area contributed by atoms with Gasteiger partial charge in [0.25, 0.3) is 6.71 Å². The van der Waals surface area contributed by atoms with Crippen LogP contribution in [0.15, 0.2) is 152 Å². The van der Waals surface area contributed by atoms with Gasteiger partial charge in [0.1, 0.15) is 5.82 Å². The minimum atomic E-state index is -0.0420. The predicted octanol–water partition coefficient (Wildman–Crippen LogP) is 14.0. The smallest absolute Gasteiger partial charge is 0.252 e. The highest BCUT2D eigenvalue weighted by atomic mass is 15.2. The van der Waals surface area contributed by atoms with Crippen molar-refractivity contribution in [3.05, 3.63) is 174 Å². The van der Waals surface area contributed by atoms with Crippen LogP contribution in [0.3, 0.4) is 0 Å². The van der Waals surface area contributed by atoms with Gasteiger partial charge >= 0.3 is 0 Å². The third-order valence-electron chi connectivity index (χ3n) is 13.6. The molecule has 0 radical (unpaired) electrons. The molecule has 0 bridgehead atoms. The molecule has 5 heteroatoms. The van der Waals surface area contributed by atoms with Gasteiger partial charge in [0.15, 0.2) is 0 Å². The largest absolute Gasteiger partial charge is 0.311 e. The van der Waals surface area contributed by atoms with Crippen LogP contribution in [0.2, 0.25) is 0 Å². The van der Waals surface area contributed by atoms with Gasteiger partial charge in [0, 0.05) is 45.4 Å². The van der Waals surface area contributed by atoms with E-state index >= 15 is 0 Å². The van der Waals surface area contributed by atoms with Crippen molar-refractivity contribution in [1.29, 1.82) is 0 Å². The van der Waals surface area contributed by atoms with Crippen molar-refractivity contribution in [3.63, 3.8) is 0 Å². The van der Waals surface area contributed by atoms with Crippen molar-refractivity contribution in [1.82, 2.24) is 9.55 Å². The molecular weight excluding hydrogens is 775 g/mol. The van der Waals surface area contributed by atoms with E-state index in [0.29, 0.717) is 0 Å². The molecule has 2 aliphatic rings. The average molecular weight is 837 g/mol. The Morgan fingerprint density at radius 3 is 1.38 bits per heavy atom. The fourth-order valence-electron chi connectivity index (χ4n) is 9.90. The number of anilines is 6. The van der Waals surface area contributed by atoms with E-state index in [1.807, 2.05) is 0 Å². The minimum Gasteiger partial charge on any atom is -0.311 e. The molecule has 1 aromatic heterocycles. The maximum Gasteiger partial charge on any atom is 0.252 e. The number of hydrogen-bond acceptors (Lipinski definition) is 3. The Morgan fingerprint density at radius 2 is 0.859 bits per heavy atom. The maximum atomic E-state index is 5.57. The van der Waals surface area contributed by atoms with E-state index in [9.17, 15) is 0 Å². The highest BCUT2D eigenvalue weighted by Gasteiger charge is 2.44. The second-order valence-electron chi connectivity index (χ2n) is 22.3. The van der Waals surface area contributed by atoms with E-state index in [-0.39, 0.29) is 28.4 Å². The lowest BCUT2D eigenvalue weighted by atomic mass is 9.33. The first kappa shape index (κ1) is 41.7. The number of fused-ring (bicyclic) bond motifs is 5. The van der Waals surface area contributed by atoms with Crippen LogP contribution in [0.4, 0.5) is 34.1 Å². The highest BCUT2D eigenvalue weighted by Crippen LogP contribution is 2.46. The van der Waals surface area contributed by atoms with Crippen LogP contribution in [-0.2, 0) is 21.7 Å². The molecule has 0 N–H and O–H groups in total. The van der Waals surface area contributed by atoms with Crippen LogP contribution < -0.4 is 26.2 Å². The lowest BCUT2D eigenvalue weighted by molar-refractivity contribution is 0.590. The Labute approximate surface area is 381 Å². The van der Waals surface area contributed by atoms with Gasteiger partial charge in [-0.05, 0) is 127 Å². The molecule has 0 amide bonds. The van der Waals surface area contributed by atoms with E-state index in [0.717, 1.165) is 45.2 Å². The van der Waals surface area contributed by atoms with Crippen LogP contribution in [0.1, 0.15) is 105 Å². The van der Waals surface area contributed by atoms with Gasteiger partial charge in [0.05, 0.1) is 11.0 Å². The summed E-state index contributed by atoms with van der Waals surface area (Å²) in [4.78, 5) is 10.6. The molecule has 2 aliphatic heterocycles. The van der Waals surface area contributed by atoms with E-state index in [2.05, 4.69) is 249 Å². The van der Waals surface area contributed by atoms with Gasteiger partial charge in [-0.1, -0.05) is 168 Å². The molecule has 0 fully saturated rings. The third kappa shape index (κ3) is 6.96. The summed E-state index contributed by atoms with van der Waals surface area (Å²) in [6, 6.07) is 57.3. The molecule has 0 unspecified atom stereocenters. The first-order valence-corrected chi connectivity index (χ1v) is 23.1. The van der Waals surface area contributed by atoms with Gasteiger partial charge in [-0.15, -0.1) is 0 Å². The summed E-state index contributed by atoms with van der Waals surface area (Å²) in [5, 5.41) is 0. The highest BCUT2D eigenvalue weighted by molar-refractivity contribution is 7.00. The first-order valence-electron chi connectivity index (χ1n) is 23.1. The maximum absolute atomic E-state index is 5.57. The molecule has 0 atom stereocenters. The molecule has 0 aliphatic carbocycles. The summed E-state index contributed by atoms with van der Waals surface area (Å²) in [5.41, 5.74) is 20.6. The minimum absolute atomic E-state index is 0.0325. The van der Waals surface area contributed by atoms with Gasteiger partial charge in [-0.25, -0.2) is 4.98 Å². The second kappa shape index (κ2) is 14.6. The van der Waals surface area contributed by atoms with Gasteiger partial charge in [0.2, 0.25) is 0 Å². The van der Waals surface area contributed by atoms with Crippen molar-refractivity contribution in [2.24, 2.45) is 0 Å². The van der Waals surface area contributed by atoms with Crippen LogP contribution in [0, 0.1) is 0 Å². The topological polar surface area (TPSA) is 24.3 Å². The fourth-order valence-corrected chi connectivity index (χ4v) is 9.90. The number of nitrogens with zero attached hydrogens (tertiary/aromatic N) is 4. The van der Waals surface area contributed by atoms with Crippen molar-refractivity contribution in [3.8, 4) is 17.1 Å². The van der Waals surface area contributed by atoms with Crippen LogP contribution in [-0.4, -0.2) is 16.3 Å². The number of rotatable bonds is 4. The van der Waals surface area contributed by atoms with Crippen molar-refractivity contribution >= 4 is 68.3 Å². The van der Waals surface area contributed by atoms with Gasteiger partial charge in [-0.3, -0.25) is 4.57 Å². The summed E-state index contributed by atoms with van der Waals surface area (Å²) in [5.74, 6) is 0.937. The van der Waals surface area contributed by atoms with E-state index in [1.54, 1.807) is 0 Å². The SMILES string of the molecule is CC(C)(C)c1ccc(-c2nc3cc4c(cc3n2-c2ccccc2)B2c3cc(C(C)(C)C)ccc3N(c3ccc(C(C)(C)C)cc3)c3cccc(c32)N4c2ccc(C(C)(C)C)cc2)cc1. The summed E-state index contributed by atoms with van der Waals surface area (Å²) in [6.45, 7) is 27.5. The number of imidazole rings is 1. The van der Waals surface area contributed by atoms with Crippen LogP contribution in [0.25, 0.3) is 28.1 Å². The van der Waals surface area contributed by atoms with Crippen LogP contribution in [0.5, 0.6) is 0 Å². The molecule has 8 aromatic rings. The zero-order valence-electron chi connectivity index (χ0n) is 39.8. The molecule has 0 saturated carbocycles. The van der Waals surface area contributed by atoms with Crippen molar-refractivity contribution in [2.75, 3.05) is 9.80 Å². The lowest BCUT2D eigenvalue weighted by Gasteiger charge is -2.44. The molecule has 7 aromatic carbocycles. The van der Waals surface area contributed by atoms with E-state index in [1.165, 1.54) is 55.7 Å². The molecule has 4 nitrogen and oxygen atoms in total. The molecule has 64 heavy (non-hydrogen) atoms. The Balaban J connectivity index is 1.29. The molecule has 0 spiro atoms. The summed E-state index contributed by atoms with van der Waals surface area (Å²) >= 11 is 0. The standard InChI is InChI=1S/C59H61BN4/c1-56(2,3)39-23-21-38(22-24-39)55-61-48-37-52-47(36-53(48)64(55)43-17-14-13-15-18-43)60-46-35-42(59(10,11)12)29-34-49(46)62(44-30-25-40(26-31-44)57(4,5)6)50-19-16-20-51(54(50)60)63(52)45-32-27-41(28-33-45)58(7,8)9/h13-37H,1-12H3. The molecule has 10 rings (SSSR count). The fraction of sp³-hybridized carbons (Fsp3) is 0.271. The molecule has 0 saturated heterocycles. The molecular formula is C59H61BN4. The summed E-state index contributed by atoms with van der Waals surface area (Å²) in [6.07, 6.45) is 0. The Kier molecular flexibility index (Phi) is 9.51. The Hall–Kier alpha value is -6.33. The molecule has 3 heterocycles. The second-order valence-corrected chi connectivity index (χ2v) is 22.3. The Bertz CT molecular complexity index is 3060. The summed E-state index contributed by atoms with van der Waals surface area (Å²) in [7, 11) is 0. The Morgan fingerprint density at radius 1 is 0.391 bits per heavy atom. The lowest BCUT2D eigenvalue weighted by Crippen LogP contribution is -2.61. The predicted molar refractivity (Wildman–Crippen MR) is 275 cm³/mol. The van der Waals surface area contributed by atoms with Gasteiger partial charge < -0.3 is 9.80 Å². The monoisotopic (exact) mass is 836 g/mol. The normalized spacial score (nSPS) is 13.8. The van der Waals surface area contributed by atoms with E-state index in [4.69, 9.17) is 4.98 Å². The average Bonchev–Trinajstić information content (AvgIpc) is 3.63. The van der Waals surface area contributed by atoms with E-state index < -0.39 is 0 Å². The first-order chi connectivity index (χ1) is 30.3. The van der Waals surface area contributed by atoms with Crippen molar-refractivity contribution < 1.29 is 0 Å².